The van der Waals surface area contributed by atoms with Gasteiger partial charge in [-0.3, -0.25) is 4.90 Å². The van der Waals surface area contributed by atoms with Gasteiger partial charge in [0.15, 0.2) is 0 Å². The quantitative estimate of drug-likeness (QED) is 0.705. The van der Waals surface area contributed by atoms with Crippen molar-refractivity contribution >= 4 is 9.84 Å². The highest BCUT2D eigenvalue weighted by atomic mass is 32.2. The lowest BCUT2D eigenvalue weighted by Crippen LogP contribution is -2.32. The van der Waals surface area contributed by atoms with Crippen LogP contribution in [0.5, 0.6) is 0 Å². The Hall–Kier alpha value is -1.70. The first-order valence-electron chi connectivity index (χ1n) is 9.10. The molecule has 1 aromatic heterocycles. The molecule has 142 valence electrons. The number of benzene rings is 1. The van der Waals surface area contributed by atoms with Crippen molar-refractivity contribution in [2.75, 3.05) is 26.0 Å². The molecule has 6 nitrogen and oxygen atoms in total. The minimum Gasteiger partial charge on any atom is -0.380 e. The molecule has 26 heavy (non-hydrogen) atoms. The fourth-order valence-corrected chi connectivity index (χ4v) is 4.29. The van der Waals surface area contributed by atoms with E-state index in [0.29, 0.717) is 19.1 Å². The molecular weight excluding hydrogens is 350 g/mol. The maximum absolute atomic E-state index is 12.5. The lowest BCUT2D eigenvalue weighted by Gasteiger charge is -2.23. The van der Waals surface area contributed by atoms with Crippen LogP contribution >= 0.6 is 0 Å². The third kappa shape index (κ3) is 4.34. The van der Waals surface area contributed by atoms with Gasteiger partial charge in [0, 0.05) is 25.7 Å². The Balaban J connectivity index is 1.83. The molecule has 0 radical (unpaired) electrons. The van der Waals surface area contributed by atoms with Crippen molar-refractivity contribution < 1.29 is 13.2 Å². The number of nitrogens with zero attached hydrogens (tertiary/aromatic N) is 3. The Morgan fingerprint density at radius 2 is 2.08 bits per heavy atom. The van der Waals surface area contributed by atoms with Crippen molar-refractivity contribution in [2.24, 2.45) is 0 Å². The number of hydrogen-bond acceptors (Lipinski definition) is 5. The predicted octanol–water partition coefficient (Wildman–Crippen LogP) is 2.14. The van der Waals surface area contributed by atoms with E-state index in [-0.39, 0.29) is 10.9 Å². The van der Waals surface area contributed by atoms with Gasteiger partial charge in [-0.2, -0.15) is 0 Å². The highest BCUT2D eigenvalue weighted by Crippen LogP contribution is 2.19. The average molecular weight is 378 g/mol. The van der Waals surface area contributed by atoms with Gasteiger partial charge in [-0.1, -0.05) is 37.3 Å². The Morgan fingerprint density at radius 3 is 2.73 bits per heavy atom. The summed E-state index contributed by atoms with van der Waals surface area (Å²) >= 11 is 0. The van der Waals surface area contributed by atoms with Crippen molar-refractivity contribution in [3.63, 3.8) is 0 Å². The van der Waals surface area contributed by atoms with Crippen LogP contribution in [-0.4, -0.2) is 54.9 Å². The van der Waals surface area contributed by atoms with E-state index in [9.17, 15) is 8.42 Å². The standard InChI is InChI=1S/C19H27N3O3S/c1-3-26(23,24)19-20-13-18(14-21(2)17-10-12-25-15-17)22(19)11-9-16-7-5-4-6-8-16/h4-8,13,17H,3,9-12,14-15H2,1-2H3/t17-/m0/s1. The zero-order chi connectivity index (χ0) is 18.6. The number of aromatic nitrogens is 2. The van der Waals surface area contributed by atoms with Crippen LogP contribution in [0.1, 0.15) is 24.6 Å². The third-order valence-electron chi connectivity index (χ3n) is 4.97. The molecule has 0 spiro atoms. The smallest absolute Gasteiger partial charge is 0.227 e. The molecule has 1 fully saturated rings. The lowest BCUT2D eigenvalue weighted by atomic mass is 10.1. The molecular formula is C19H27N3O3S. The molecule has 1 aliphatic heterocycles. The van der Waals surface area contributed by atoms with Crippen LogP contribution in [0.25, 0.3) is 0 Å². The van der Waals surface area contributed by atoms with E-state index in [1.165, 1.54) is 5.56 Å². The fraction of sp³-hybridized carbons (Fsp3) is 0.526. The number of ether oxygens (including phenoxy) is 1. The SMILES string of the molecule is CCS(=O)(=O)c1ncc(CN(C)[C@H]2CCOC2)n1CCc1ccccc1. The van der Waals surface area contributed by atoms with E-state index in [1.54, 1.807) is 13.1 Å². The molecule has 1 aliphatic rings. The van der Waals surface area contributed by atoms with Gasteiger partial charge in [-0.15, -0.1) is 0 Å². The summed E-state index contributed by atoms with van der Waals surface area (Å²) in [4.78, 5) is 6.50. The van der Waals surface area contributed by atoms with Gasteiger partial charge in [-0.05, 0) is 25.5 Å². The summed E-state index contributed by atoms with van der Waals surface area (Å²) in [5, 5.41) is 0.182. The lowest BCUT2D eigenvalue weighted by molar-refractivity contribution is 0.155. The molecule has 0 amide bonds. The monoisotopic (exact) mass is 377 g/mol. The van der Waals surface area contributed by atoms with E-state index in [4.69, 9.17) is 4.74 Å². The van der Waals surface area contributed by atoms with Crippen LogP contribution in [0.15, 0.2) is 41.7 Å². The molecule has 3 rings (SSSR count). The molecule has 2 aromatic rings. The van der Waals surface area contributed by atoms with Crippen molar-refractivity contribution in [1.29, 1.82) is 0 Å². The number of sulfone groups is 1. The summed E-state index contributed by atoms with van der Waals surface area (Å²) in [5.41, 5.74) is 2.12. The summed E-state index contributed by atoms with van der Waals surface area (Å²) in [7, 11) is -1.30. The summed E-state index contributed by atoms with van der Waals surface area (Å²) in [6.07, 6.45) is 3.49. The molecule has 1 saturated heterocycles. The largest absolute Gasteiger partial charge is 0.380 e. The van der Waals surface area contributed by atoms with Crippen LogP contribution in [0.2, 0.25) is 0 Å². The number of imidazole rings is 1. The van der Waals surface area contributed by atoms with Gasteiger partial charge in [0.2, 0.25) is 15.0 Å². The summed E-state index contributed by atoms with van der Waals surface area (Å²) in [6.45, 7) is 4.44. The van der Waals surface area contributed by atoms with Gasteiger partial charge in [0.25, 0.3) is 0 Å². The second kappa shape index (κ2) is 8.33. The molecule has 0 N–H and O–H groups in total. The molecule has 0 bridgehead atoms. The Labute approximate surface area is 155 Å². The molecule has 7 heteroatoms. The minimum atomic E-state index is -3.36. The van der Waals surface area contributed by atoms with Crippen LogP contribution in [0.4, 0.5) is 0 Å². The van der Waals surface area contributed by atoms with Gasteiger partial charge >= 0.3 is 0 Å². The van der Waals surface area contributed by atoms with Crippen molar-refractivity contribution in [2.45, 2.75) is 44.1 Å². The maximum Gasteiger partial charge on any atom is 0.227 e. The van der Waals surface area contributed by atoms with E-state index in [2.05, 4.69) is 29.1 Å². The minimum absolute atomic E-state index is 0.0566. The second-order valence-corrected chi connectivity index (χ2v) is 8.93. The zero-order valence-electron chi connectivity index (χ0n) is 15.5. The number of likely N-dealkylation sites (N-methyl/N-ethyl adjacent to an activating group) is 1. The second-order valence-electron chi connectivity index (χ2n) is 6.76. The highest BCUT2D eigenvalue weighted by molar-refractivity contribution is 7.91. The third-order valence-corrected chi connectivity index (χ3v) is 6.61. The molecule has 0 saturated carbocycles. The topological polar surface area (TPSA) is 64.4 Å². The molecule has 0 unspecified atom stereocenters. The first kappa shape index (κ1) is 19.1. The van der Waals surface area contributed by atoms with E-state index in [1.807, 2.05) is 22.8 Å². The van der Waals surface area contributed by atoms with Gasteiger partial charge in [0.1, 0.15) is 0 Å². The number of aryl methyl sites for hydroxylation is 1. The number of rotatable bonds is 8. The van der Waals surface area contributed by atoms with Crippen LogP contribution < -0.4 is 0 Å². The highest BCUT2D eigenvalue weighted by Gasteiger charge is 2.25. The van der Waals surface area contributed by atoms with E-state index >= 15 is 0 Å². The van der Waals surface area contributed by atoms with Crippen LogP contribution in [0.3, 0.4) is 0 Å². The zero-order valence-corrected chi connectivity index (χ0v) is 16.3. The van der Waals surface area contributed by atoms with E-state index in [0.717, 1.165) is 31.7 Å². The van der Waals surface area contributed by atoms with Crippen LogP contribution in [-0.2, 0) is 34.1 Å². The molecule has 1 atom stereocenters. The predicted molar refractivity (Wildman–Crippen MR) is 101 cm³/mol. The Kier molecular flexibility index (Phi) is 6.11. The summed E-state index contributed by atoms with van der Waals surface area (Å²) in [5.74, 6) is 0.0566. The normalized spacial score (nSPS) is 17.9. The first-order chi connectivity index (χ1) is 12.5. The van der Waals surface area contributed by atoms with E-state index < -0.39 is 9.84 Å². The van der Waals surface area contributed by atoms with Crippen molar-refractivity contribution in [3.8, 4) is 0 Å². The molecule has 0 aliphatic carbocycles. The van der Waals surface area contributed by atoms with Crippen molar-refractivity contribution in [3.05, 3.63) is 47.8 Å². The van der Waals surface area contributed by atoms with Crippen molar-refractivity contribution in [1.82, 2.24) is 14.5 Å². The first-order valence-corrected chi connectivity index (χ1v) is 10.8. The van der Waals surface area contributed by atoms with Gasteiger partial charge in [-0.25, -0.2) is 13.4 Å². The Morgan fingerprint density at radius 1 is 1.31 bits per heavy atom. The molecule has 2 heterocycles. The summed E-state index contributed by atoms with van der Waals surface area (Å²) < 4.78 is 32.3. The fourth-order valence-electron chi connectivity index (χ4n) is 3.27. The number of hydrogen-bond donors (Lipinski definition) is 0. The summed E-state index contributed by atoms with van der Waals surface area (Å²) in [6, 6.07) is 10.5. The van der Waals surface area contributed by atoms with Gasteiger partial charge < -0.3 is 9.30 Å². The van der Waals surface area contributed by atoms with Gasteiger partial charge in [0.05, 0.1) is 24.3 Å². The Bertz CT molecular complexity index is 812. The molecule has 1 aromatic carbocycles. The maximum atomic E-state index is 12.5. The van der Waals surface area contributed by atoms with Crippen LogP contribution in [0, 0.1) is 0 Å². The average Bonchev–Trinajstić information content (AvgIpc) is 3.31.